The first kappa shape index (κ1) is 27.1. The molecule has 1 heterocycles. The van der Waals surface area contributed by atoms with E-state index in [1.807, 2.05) is 39.0 Å². The van der Waals surface area contributed by atoms with Crippen molar-refractivity contribution in [3.63, 3.8) is 0 Å². The number of hydrogen-bond acceptors (Lipinski definition) is 7. The van der Waals surface area contributed by atoms with Crippen LogP contribution in [-0.4, -0.2) is 41.7 Å². The number of allylic oxidation sites excluding steroid dienone is 1. The quantitative estimate of drug-likeness (QED) is 0.193. The van der Waals surface area contributed by atoms with E-state index in [4.69, 9.17) is 14.2 Å². The summed E-state index contributed by atoms with van der Waals surface area (Å²) < 4.78 is 18.7. The zero-order valence-corrected chi connectivity index (χ0v) is 22.7. The van der Waals surface area contributed by atoms with Crippen molar-refractivity contribution in [3.8, 4) is 11.5 Å². The van der Waals surface area contributed by atoms with E-state index in [9.17, 15) is 9.59 Å². The van der Waals surface area contributed by atoms with Crippen molar-refractivity contribution in [1.82, 2.24) is 9.66 Å². The summed E-state index contributed by atoms with van der Waals surface area (Å²) in [4.78, 5) is 29.9. The van der Waals surface area contributed by atoms with Crippen LogP contribution in [0.4, 0.5) is 0 Å². The average molecular weight is 556 g/mol. The molecule has 0 radical (unpaired) electrons. The van der Waals surface area contributed by atoms with Gasteiger partial charge in [0.15, 0.2) is 17.6 Å². The van der Waals surface area contributed by atoms with Gasteiger partial charge in [-0.2, -0.15) is 9.78 Å². The molecule has 36 heavy (non-hydrogen) atoms. The van der Waals surface area contributed by atoms with Crippen molar-refractivity contribution >= 4 is 39.0 Å². The second-order valence-electron chi connectivity index (χ2n) is 8.36. The lowest BCUT2D eigenvalue weighted by Crippen LogP contribution is -2.25. The van der Waals surface area contributed by atoms with Crippen LogP contribution in [0.2, 0.25) is 0 Å². The van der Waals surface area contributed by atoms with Crippen LogP contribution in [0, 0.1) is 0 Å². The van der Waals surface area contributed by atoms with E-state index in [0.29, 0.717) is 46.8 Å². The summed E-state index contributed by atoms with van der Waals surface area (Å²) in [5.74, 6) is 0.904. The minimum Gasteiger partial charge on any atom is -0.490 e. The highest BCUT2D eigenvalue weighted by atomic mass is 79.9. The summed E-state index contributed by atoms with van der Waals surface area (Å²) in [7, 11) is 1.31. The predicted octanol–water partition coefficient (Wildman–Crippen LogP) is 5.23. The highest BCUT2D eigenvalue weighted by molar-refractivity contribution is 9.10. The molecule has 190 valence electrons. The van der Waals surface area contributed by atoms with E-state index >= 15 is 0 Å². The molecular weight excluding hydrogens is 526 g/mol. The summed E-state index contributed by atoms with van der Waals surface area (Å²) in [6.07, 6.45) is 2.95. The minimum absolute atomic E-state index is 0.0335. The molecule has 2 aromatic carbocycles. The molecule has 0 amide bonds. The normalized spacial score (nSPS) is 12.2. The molecule has 1 atom stereocenters. The number of hydrogen-bond donors (Lipinski definition) is 0. The number of rotatable bonds is 10. The van der Waals surface area contributed by atoms with Gasteiger partial charge < -0.3 is 14.2 Å². The molecule has 9 heteroatoms. The van der Waals surface area contributed by atoms with Gasteiger partial charge in [0.1, 0.15) is 5.82 Å². The first-order valence-corrected chi connectivity index (χ1v) is 12.4. The minimum atomic E-state index is -0.826. The molecule has 3 aromatic rings. The summed E-state index contributed by atoms with van der Waals surface area (Å²) >= 11 is 3.42. The molecule has 8 nitrogen and oxygen atoms in total. The zero-order chi connectivity index (χ0) is 26.4. The van der Waals surface area contributed by atoms with Crippen LogP contribution in [0.1, 0.15) is 50.6 Å². The fourth-order valence-corrected chi connectivity index (χ4v) is 3.99. The number of benzene rings is 2. The summed E-state index contributed by atoms with van der Waals surface area (Å²) in [6.45, 7) is 11.6. The van der Waals surface area contributed by atoms with Gasteiger partial charge in [0.2, 0.25) is 0 Å². The van der Waals surface area contributed by atoms with Gasteiger partial charge in [-0.25, -0.2) is 9.78 Å². The Morgan fingerprint density at radius 1 is 1.25 bits per heavy atom. The maximum absolute atomic E-state index is 13.3. The fourth-order valence-electron chi connectivity index (χ4n) is 3.63. The second-order valence-corrected chi connectivity index (χ2v) is 9.28. The number of carbonyl (C=O) groups is 1. The van der Waals surface area contributed by atoms with Crippen LogP contribution in [0.5, 0.6) is 11.5 Å². The highest BCUT2D eigenvalue weighted by Crippen LogP contribution is 2.34. The molecule has 0 aliphatic heterocycles. The van der Waals surface area contributed by atoms with E-state index in [0.717, 1.165) is 10.0 Å². The molecular formula is C27H30BrN3O5. The molecule has 0 fully saturated rings. The van der Waals surface area contributed by atoms with Crippen molar-refractivity contribution in [2.75, 3.05) is 13.7 Å². The molecule has 0 aliphatic rings. The second kappa shape index (κ2) is 12.0. The Morgan fingerprint density at radius 2 is 2.00 bits per heavy atom. The molecule has 0 spiro atoms. The third-order valence-corrected chi connectivity index (χ3v) is 5.81. The largest absolute Gasteiger partial charge is 0.490 e. The van der Waals surface area contributed by atoms with Gasteiger partial charge in [-0.3, -0.25) is 4.79 Å². The Bertz CT molecular complexity index is 1360. The Balaban J connectivity index is 2.13. The molecule has 0 saturated heterocycles. The van der Waals surface area contributed by atoms with Gasteiger partial charge in [0, 0.05) is 16.0 Å². The first-order chi connectivity index (χ1) is 17.2. The lowest BCUT2D eigenvalue weighted by atomic mass is 10.1. The monoisotopic (exact) mass is 555 g/mol. The standard InChI is InChI=1S/C27H30BrN3O5/c1-7-9-19-12-18(13-23(35-8-2)24(19)36-17(5)27(33)34-6)15-29-31-25(16(3)4)30-22-11-10-20(28)14-21(22)26(31)32/h7,10-17H,1,8-9H2,2-6H3/t17-/m0/s1. The third-order valence-electron chi connectivity index (χ3n) is 5.32. The lowest BCUT2D eigenvalue weighted by Gasteiger charge is -2.19. The van der Waals surface area contributed by atoms with Crippen LogP contribution in [0.25, 0.3) is 10.9 Å². The van der Waals surface area contributed by atoms with E-state index in [-0.39, 0.29) is 11.5 Å². The maximum atomic E-state index is 13.3. The van der Waals surface area contributed by atoms with Crippen molar-refractivity contribution in [2.24, 2.45) is 5.10 Å². The fraction of sp³-hybridized carbons (Fsp3) is 0.333. The summed E-state index contributed by atoms with van der Waals surface area (Å²) in [5.41, 5.74) is 1.80. The van der Waals surface area contributed by atoms with Gasteiger partial charge in [-0.05, 0) is 56.2 Å². The average Bonchev–Trinajstić information content (AvgIpc) is 2.85. The number of methoxy groups -OCH3 is 1. The number of ether oxygens (including phenoxy) is 3. The summed E-state index contributed by atoms with van der Waals surface area (Å²) in [6, 6.07) is 9.02. The molecule has 0 saturated carbocycles. The van der Waals surface area contributed by atoms with E-state index < -0.39 is 12.1 Å². The molecule has 1 aromatic heterocycles. The van der Waals surface area contributed by atoms with Crippen LogP contribution in [0.15, 0.2) is 57.4 Å². The smallest absolute Gasteiger partial charge is 0.346 e. The van der Waals surface area contributed by atoms with E-state index in [1.54, 1.807) is 31.3 Å². The van der Waals surface area contributed by atoms with Crippen LogP contribution in [-0.2, 0) is 16.0 Å². The Labute approximate surface area is 218 Å². The predicted molar refractivity (Wildman–Crippen MR) is 144 cm³/mol. The van der Waals surface area contributed by atoms with Gasteiger partial charge >= 0.3 is 5.97 Å². The Kier molecular flexibility index (Phi) is 9.03. The number of nitrogens with zero attached hydrogens (tertiary/aromatic N) is 3. The number of carbonyl (C=O) groups excluding carboxylic acids is 1. The lowest BCUT2D eigenvalue weighted by molar-refractivity contribution is -0.147. The Hall–Kier alpha value is -3.46. The van der Waals surface area contributed by atoms with Crippen LogP contribution in [0.3, 0.4) is 0 Å². The summed E-state index contributed by atoms with van der Waals surface area (Å²) in [5, 5.41) is 4.98. The SMILES string of the molecule is C=CCc1cc(C=Nn2c(C(C)C)nc3ccc(Br)cc3c2=O)cc(OCC)c1O[C@@H](C)C(=O)OC. The Morgan fingerprint density at radius 3 is 2.64 bits per heavy atom. The number of aromatic nitrogens is 2. The molecule has 0 N–H and O–H groups in total. The third kappa shape index (κ3) is 6.02. The van der Waals surface area contributed by atoms with E-state index in [1.165, 1.54) is 11.8 Å². The zero-order valence-electron chi connectivity index (χ0n) is 21.1. The van der Waals surface area contributed by atoms with Gasteiger partial charge in [0.05, 0.1) is 30.8 Å². The number of fused-ring (bicyclic) bond motifs is 1. The van der Waals surface area contributed by atoms with Crippen molar-refractivity contribution in [2.45, 2.75) is 46.1 Å². The topological polar surface area (TPSA) is 92.0 Å². The van der Waals surface area contributed by atoms with Crippen molar-refractivity contribution < 1.29 is 19.0 Å². The van der Waals surface area contributed by atoms with Gasteiger partial charge in [0.25, 0.3) is 5.56 Å². The van der Waals surface area contributed by atoms with Crippen LogP contribution < -0.4 is 15.0 Å². The highest BCUT2D eigenvalue weighted by Gasteiger charge is 2.21. The van der Waals surface area contributed by atoms with Crippen LogP contribution >= 0.6 is 15.9 Å². The first-order valence-electron chi connectivity index (χ1n) is 11.6. The number of esters is 1. The molecule has 0 bridgehead atoms. The van der Waals surface area contributed by atoms with Gasteiger partial charge in [-0.15, -0.1) is 6.58 Å². The van der Waals surface area contributed by atoms with E-state index in [2.05, 4.69) is 32.6 Å². The molecule has 0 aliphatic carbocycles. The number of halogens is 1. The molecule has 0 unspecified atom stereocenters. The maximum Gasteiger partial charge on any atom is 0.346 e. The van der Waals surface area contributed by atoms with Crippen molar-refractivity contribution in [1.29, 1.82) is 0 Å². The van der Waals surface area contributed by atoms with Gasteiger partial charge in [-0.1, -0.05) is 35.9 Å². The molecule has 3 rings (SSSR count). The van der Waals surface area contributed by atoms with Crippen molar-refractivity contribution in [3.05, 3.63) is 74.8 Å².